The van der Waals surface area contributed by atoms with E-state index in [0.29, 0.717) is 11.4 Å². The zero-order valence-electron chi connectivity index (χ0n) is 13.0. The normalized spacial score (nSPS) is 14.5. The minimum absolute atomic E-state index is 0.0451. The highest BCUT2D eigenvalue weighted by molar-refractivity contribution is 5.94. The fourth-order valence-corrected chi connectivity index (χ4v) is 2.34. The van der Waals surface area contributed by atoms with Crippen molar-refractivity contribution in [2.45, 2.75) is 12.8 Å². The van der Waals surface area contributed by atoms with Gasteiger partial charge in [0, 0.05) is 5.92 Å². The van der Waals surface area contributed by atoms with Crippen LogP contribution in [-0.4, -0.2) is 43.6 Å². The number of ether oxygens (including phenoxy) is 1. The minimum Gasteiger partial charge on any atom is -0.464 e. The summed E-state index contributed by atoms with van der Waals surface area (Å²) < 4.78 is 4.71. The predicted molar refractivity (Wildman–Crippen MR) is 85.7 cm³/mol. The quantitative estimate of drug-likeness (QED) is 0.540. The number of piperidine rings is 1. The first-order valence-corrected chi connectivity index (χ1v) is 7.45. The monoisotopic (exact) mass is 316 g/mol. The number of carbonyl (C=O) groups is 2. The van der Waals surface area contributed by atoms with Crippen molar-refractivity contribution in [1.82, 2.24) is 10.3 Å². The van der Waals surface area contributed by atoms with Crippen molar-refractivity contribution < 1.29 is 14.3 Å². The van der Waals surface area contributed by atoms with Crippen molar-refractivity contribution in [1.29, 1.82) is 0 Å². The molecular formula is C16H20N4O3. The van der Waals surface area contributed by atoms with Gasteiger partial charge in [-0.3, -0.25) is 4.79 Å². The van der Waals surface area contributed by atoms with Crippen LogP contribution in [-0.2, 0) is 9.53 Å². The molecule has 1 aliphatic rings. The smallest absolute Gasteiger partial charge is 0.358 e. The van der Waals surface area contributed by atoms with E-state index in [1.54, 1.807) is 12.1 Å². The van der Waals surface area contributed by atoms with E-state index in [2.05, 4.69) is 27.5 Å². The first kappa shape index (κ1) is 16.9. The van der Waals surface area contributed by atoms with Gasteiger partial charge in [-0.15, -0.1) is 0 Å². The van der Waals surface area contributed by atoms with Gasteiger partial charge in [0.1, 0.15) is 5.82 Å². The Bertz CT molecular complexity index is 642. The molecule has 1 aromatic rings. The Labute approximate surface area is 135 Å². The molecule has 0 saturated carbocycles. The van der Waals surface area contributed by atoms with Crippen LogP contribution in [0.15, 0.2) is 12.1 Å². The second-order valence-electron chi connectivity index (χ2n) is 5.10. The van der Waals surface area contributed by atoms with Gasteiger partial charge in [0.15, 0.2) is 5.69 Å². The Balaban J connectivity index is 2.19. The van der Waals surface area contributed by atoms with Crippen LogP contribution >= 0.6 is 0 Å². The molecule has 4 N–H and O–H groups in total. The number of rotatable bonds is 3. The van der Waals surface area contributed by atoms with Gasteiger partial charge in [-0.2, -0.15) is 0 Å². The molecule has 23 heavy (non-hydrogen) atoms. The lowest BCUT2D eigenvalue weighted by Crippen LogP contribution is -2.34. The van der Waals surface area contributed by atoms with Gasteiger partial charge < -0.3 is 21.1 Å². The Kier molecular flexibility index (Phi) is 6.09. The molecule has 0 aromatic carbocycles. The number of anilines is 1. The lowest BCUT2D eigenvalue weighted by Gasteiger charge is -2.21. The van der Waals surface area contributed by atoms with E-state index in [4.69, 9.17) is 10.5 Å². The summed E-state index contributed by atoms with van der Waals surface area (Å²) in [6, 6.07) is 3.24. The van der Waals surface area contributed by atoms with Crippen LogP contribution in [0.1, 0.15) is 28.9 Å². The first-order valence-electron chi connectivity index (χ1n) is 7.45. The average Bonchev–Trinajstić information content (AvgIpc) is 2.60. The number of hydrogen-bond acceptors (Lipinski definition) is 6. The highest BCUT2D eigenvalue weighted by Gasteiger charge is 2.22. The predicted octanol–water partition coefficient (Wildman–Crippen LogP) is 0.117. The van der Waals surface area contributed by atoms with Gasteiger partial charge in [0.05, 0.1) is 19.2 Å². The number of pyridine rings is 1. The number of amides is 1. The van der Waals surface area contributed by atoms with Crippen LogP contribution in [0.5, 0.6) is 0 Å². The number of nitrogens with one attached hydrogen (secondary N) is 2. The summed E-state index contributed by atoms with van der Waals surface area (Å²) in [6.45, 7) is 1.83. The summed E-state index contributed by atoms with van der Waals surface area (Å²) in [7, 11) is 1.27. The van der Waals surface area contributed by atoms with E-state index < -0.39 is 5.97 Å². The molecule has 0 bridgehead atoms. The van der Waals surface area contributed by atoms with E-state index >= 15 is 0 Å². The van der Waals surface area contributed by atoms with E-state index in [9.17, 15) is 9.59 Å². The fraction of sp³-hybridized carbons (Fsp3) is 0.438. The number of nitrogens with zero attached hydrogens (tertiary/aromatic N) is 1. The van der Waals surface area contributed by atoms with E-state index in [1.165, 1.54) is 7.11 Å². The number of hydrogen-bond donors (Lipinski definition) is 3. The highest BCUT2D eigenvalue weighted by atomic mass is 16.5. The summed E-state index contributed by atoms with van der Waals surface area (Å²) in [5.74, 6) is 5.02. The van der Waals surface area contributed by atoms with Gasteiger partial charge in [-0.05, 0) is 38.1 Å². The van der Waals surface area contributed by atoms with E-state index in [0.717, 1.165) is 25.9 Å². The number of esters is 1. The van der Waals surface area contributed by atoms with Crippen molar-refractivity contribution in [3.8, 4) is 11.8 Å². The zero-order chi connectivity index (χ0) is 16.7. The third-order valence-corrected chi connectivity index (χ3v) is 3.56. The Hall–Kier alpha value is -2.43. The molecule has 0 aliphatic carbocycles. The summed E-state index contributed by atoms with van der Waals surface area (Å²) in [5.41, 5.74) is 5.83. The molecule has 2 heterocycles. The molecule has 7 heteroatoms. The first-order chi connectivity index (χ1) is 11.2. The van der Waals surface area contributed by atoms with Gasteiger partial charge in [-0.25, -0.2) is 9.78 Å². The molecule has 1 aromatic heterocycles. The third kappa shape index (κ3) is 4.52. The molecule has 0 radical (unpaired) electrons. The van der Waals surface area contributed by atoms with Gasteiger partial charge >= 0.3 is 5.97 Å². The van der Waals surface area contributed by atoms with Crippen molar-refractivity contribution in [3.05, 3.63) is 23.4 Å². The number of aromatic nitrogens is 1. The summed E-state index contributed by atoms with van der Waals surface area (Å²) in [4.78, 5) is 28.2. The van der Waals surface area contributed by atoms with Gasteiger partial charge in [0.25, 0.3) is 0 Å². The molecule has 2 rings (SSSR count). The number of carbonyl (C=O) groups excluding carboxylic acids is 2. The molecule has 1 aliphatic heterocycles. The molecule has 1 fully saturated rings. The van der Waals surface area contributed by atoms with Crippen LogP contribution < -0.4 is 16.4 Å². The topological polar surface area (TPSA) is 106 Å². The zero-order valence-corrected chi connectivity index (χ0v) is 13.0. The van der Waals surface area contributed by atoms with E-state index in [1.807, 2.05) is 0 Å². The SMILES string of the molecule is COC(=O)c1nc(NC(=O)C2CCNCC2)ccc1C#CCN. The molecule has 0 atom stereocenters. The third-order valence-electron chi connectivity index (χ3n) is 3.56. The lowest BCUT2D eigenvalue weighted by atomic mass is 9.97. The van der Waals surface area contributed by atoms with Crippen molar-refractivity contribution in [2.75, 3.05) is 32.1 Å². The minimum atomic E-state index is -0.607. The molecule has 0 spiro atoms. The summed E-state index contributed by atoms with van der Waals surface area (Å²) >= 11 is 0. The second kappa shape index (κ2) is 8.27. The molecule has 122 valence electrons. The number of methoxy groups -OCH3 is 1. The second-order valence-corrected chi connectivity index (χ2v) is 5.10. The van der Waals surface area contributed by atoms with Gasteiger partial charge in [-0.1, -0.05) is 11.8 Å². The fourth-order valence-electron chi connectivity index (χ4n) is 2.34. The maximum absolute atomic E-state index is 12.2. The molecule has 0 unspecified atom stereocenters. The summed E-state index contributed by atoms with van der Waals surface area (Å²) in [5, 5.41) is 5.97. The van der Waals surface area contributed by atoms with Crippen LogP contribution in [0.25, 0.3) is 0 Å². The van der Waals surface area contributed by atoms with Crippen molar-refractivity contribution in [3.63, 3.8) is 0 Å². The van der Waals surface area contributed by atoms with Gasteiger partial charge in [0.2, 0.25) is 5.91 Å². The number of nitrogens with two attached hydrogens (primary N) is 1. The Morgan fingerprint density at radius 2 is 2.17 bits per heavy atom. The van der Waals surface area contributed by atoms with Crippen LogP contribution in [0.2, 0.25) is 0 Å². The molecule has 7 nitrogen and oxygen atoms in total. The van der Waals surface area contributed by atoms with E-state index in [-0.39, 0.29) is 24.1 Å². The largest absolute Gasteiger partial charge is 0.464 e. The lowest BCUT2D eigenvalue weighted by molar-refractivity contribution is -0.120. The average molecular weight is 316 g/mol. The molecular weight excluding hydrogens is 296 g/mol. The standard InChI is InChI=1S/C16H20N4O3/c1-23-16(22)14-11(3-2-8-17)4-5-13(19-14)20-15(21)12-6-9-18-10-7-12/h4-5,12,18H,6-10,17H2,1H3,(H,19,20,21). The van der Waals surface area contributed by atoms with Crippen LogP contribution in [0.3, 0.4) is 0 Å². The summed E-state index contributed by atoms with van der Waals surface area (Å²) in [6.07, 6.45) is 1.57. The van der Waals surface area contributed by atoms with Crippen molar-refractivity contribution >= 4 is 17.7 Å². The Morgan fingerprint density at radius 3 is 2.83 bits per heavy atom. The van der Waals surface area contributed by atoms with Crippen LogP contribution in [0, 0.1) is 17.8 Å². The van der Waals surface area contributed by atoms with Crippen LogP contribution in [0.4, 0.5) is 5.82 Å². The highest BCUT2D eigenvalue weighted by Crippen LogP contribution is 2.16. The van der Waals surface area contributed by atoms with Crippen molar-refractivity contribution in [2.24, 2.45) is 11.7 Å². The maximum atomic E-state index is 12.2. The Morgan fingerprint density at radius 1 is 1.43 bits per heavy atom. The molecule has 1 amide bonds. The maximum Gasteiger partial charge on any atom is 0.358 e. The molecule has 1 saturated heterocycles.